The molecule has 112 valence electrons. The fourth-order valence-corrected chi connectivity index (χ4v) is 2.49. The van der Waals surface area contributed by atoms with Gasteiger partial charge in [-0.05, 0) is 37.8 Å². The second kappa shape index (κ2) is 7.21. The van der Waals surface area contributed by atoms with Crippen LogP contribution in [0.2, 0.25) is 0 Å². The zero-order valence-electron chi connectivity index (χ0n) is 13.1. The summed E-state index contributed by atoms with van der Waals surface area (Å²) < 4.78 is 5.47. The van der Waals surface area contributed by atoms with Crippen LogP contribution < -0.4 is 5.32 Å². The Kier molecular flexibility index (Phi) is 5.58. The van der Waals surface area contributed by atoms with Gasteiger partial charge in [-0.25, -0.2) is 0 Å². The Morgan fingerprint density at radius 1 is 1.10 bits per heavy atom. The minimum atomic E-state index is -0.0283. The van der Waals surface area contributed by atoms with Gasteiger partial charge in [-0.1, -0.05) is 24.3 Å². The number of hydrogen-bond acceptors (Lipinski definition) is 3. The van der Waals surface area contributed by atoms with E-state index in [0.717, 1.165) is 45.6 Å². The topological polar surface area (TPSA) is 24.5 Å². The van der Waals surface area contributed by atoms with Gasteiger partial charge in [0.2, 0.25) is 0 Å². The lowest BCUT2D eigenvalue weighted by Gasteiger charge is -2.27. The normalized spacial score (nSPS) is 17.4. The van der Waals surface area contributed by atoms with E-state index in [2.05, 4.69) is 48.3 Å². The van der Waals surface area contributed by atoms with Crippen LogP contribution in [0.1, 0.15) is 31.4 Å². The van der Waals surface area contributed by atoms with Gasteiger partial charge in [0.1, 0.15) is 0 Å². The summed E-state index contributed by atoms with van der Waals surface area (Å²) in [6, 6.07) is 9.08. The molecule has 20 heavy (non-hydrogen) atoms. The Balaban J connectivity index is 1.83. The molecular formula is C17H28N2O. The predicted octanol–water partition coefficient (Wildman–Crippen LogP) is 2.45. The number of ether oxygens (including phenoxy) is 1. The van der Waals surface area contributed by atoms with Crippen LogP contribution in [0.5, 0.6) is 0 Å². The smallest absolute Gasteiger partial charge is 0.0625 e. The first kappa shape index (κ1) is 15.5. The van der Waals surface area contributed by atoms with E-state index in [4.69, 9.17) is 4.74 Å². The number of hydrogen-bond donors (Lipinski definition) is 1. The molecule has 3 heteroatoms. The first-order valence-electron chi connectivity index (χ1n) is 7.65. The lowest BCUT2D eigenvalue weighted by Crippen LogP contribution is -2.42. The van der Waals surface area contributed by atoms with Crippen molar-refractivity contribution in [3.63, 3.8) is 0 Å². The summed E-state index contributed by atoms with van der Waals surface area (Å²) in [5, 5.41) is 3.39. The van der Waals surface area contributed by atoms with E-state index >= 15 is 0 Å². The van der Waals surface area contributed by atoms with E-state index in [-0.39, 0.29) is 5.60 Å². The van der Waals surface area contributed by atoms with Crippen molar-refractivity contribution < 1.29 is 4.74 Å². The van der Waals surface area contributed by atoms with Crippen molar-refractivity contribution in [1.29, 1.82) is 0 Å². The molecule has 1 aromatic rings. The van der Waals surface area contributed by atoms with E-state index in [1.807, 2.05) is 0 Å². The summed E-state index contributed by atoms with van der Waals surface area (Å²) in [4.78, 5) is 2.51. The van der Waals surface area contributed by atoms with Gasteiger partial charge in [-0.15, -0.1) is 0 Å². The highest BCUT2D eigenvalue weighted by Gasteiger charge is 2.15. The summed E-state index contributed by atoms with van der Waals surface area (Å²) in [5.41, 5.74) is 2.79. The van der Waals surface area contributed by atoms with Crippen LogP contribution in [0.15, 0.2) is 24.3 Å². The number of nitrogens with one attached hydrogen (secondary N) is 1. The molecule has 0 radical (unpaired) electrons. The minimum absolute atomic E-state index is 0.0283. The zero-order valence-corrected chi connectivity index (χ0v) is 13.1. The van der Waals surface area contributed by atoms with Crippen molar-refractivity contribution >= 4 is 0 Å². The summed E-state index contributed by atoms with van der Waals surface area (Å²) in [6.07, 6.45) is 2.13. The van der Waals surface area contributed by atoms with Crippen LogP contribution in [0.4, 0.5) is 0 Å². The molecule has 3 nitrogen and oxygen atoms in total. The van der Waals surface area contributed by atoms with Crippen molar-refractivity contribution in [3.8, 4) is 0 Å². The second-order valence-electron chi connectivity index (χ2n) is 6.31. The lowest BCUT2D eigenvalue weighted by atomic mass is 9.98. The van der Waals surface area contributed by atoms with Gasteiger partial charge >= 0.3 is 0 Å². The maximum absolute atomic E-state index is 5.47. The molecule has 0 aliphatic carbocycles. The predicted molar refractivity (Wildman–Crippen MR) is 84.0 cm³/mol. The molecule has 1 N–H and O–H groups in total. The summed E-state index contributed by atoms with van der Waals surface area (Å²) in [6.45, 7) is 9.91. The summed E-state index contributed by atoms with van der Waals surface area (Å²) in [5.74, 6) is 0. The molecule has 0 atom stereocenters. The molecule has 2 rings (SSSR count). The van der Waals surface area contributed by atoms with Crippen LogP contribution in [-0.4, -0.2) is 43.8 Å². The van der Waals surface area contributed by atoms with Gasteiger partial charge < -0.3 is 10.1 Å². The monoisotopic (exact) mass is 276 g/mol. The Morgan fingerprint density at radius 2 is 1.70 bits per heavy atom. The van der Waals surface area contributed by atoms with Crippen LogP contribution in [0, 0.1) is 0 Å². The van der Waals surface area contributed by atoms with Gasteiger partial charge in [0.25, 0.3) is 0 Å². The maximum Gasteiger partial charge on any atom is 0.0625 e. The third-order valence-corrected chi connectivity index (χ3v) is 4.21. The molecule has 1 aromatic carbocycles. The number of aryl methyl sites for hydroxylation is 1. The fourth-order valence-electron chi connectivity index (χ4n) is 2.49. The van der Waals surface area contributed by atoms with E-state index < -0.39 is 0 Å². The highest BCUT2D eigenvalue weighted by atomic mass is 16.5. The fraction of sp³-hybridized carbons (Fsp3) is 0.647. The second-order valence-corrected chi connectivity index (χ2v) is 6.31. The molecule has 0 aromatic heterocycles. The van der Waals surface area contributed by atoms with Gasteiger partial charge in [-0.2, -0.15) is 0 Å². The third-order valence-electron chi connectivity index (χ3n) is 4.21. The third kappa shape index (κ3) is 4.89. The molecule has 0 spiro atoms. The number of rotatable bonds is 6. The summed E-state index contributed by atoms with van der Waals surface area (Å²) >= 11 is 0. The van der Waals surface area contributed by atoms with E-state index in [0.29, 0.717) is 0 Å². The molecule has 1 saturated heterocycles. The maximum atomic E-state index is 5.47. The average molecular weight is 276 g/mol. The molecule has 0 amide bonds. The number of nitrogens with zero attached hydrogens (tertiary/aromatic N) is 1. The standard InChI is InChI=1S/C17H28N2O/c1-17(2,20-3)9-8-15-4-6-16(7-5-15)14-19-12-10-18-11-13-19/h4-7,18H,8-14H2,1-3H3. The molecule has 0 bridgehead atoms. The van der Waals surface area contributed by atoms with E-state index in [1.54, 1.807) is 7.11 Å². The first-order chi connectivity index (χ1) is 9.59. The highest BCUT2D eigenvalue weighted by Crippen LogP contribution is 2.17. The van der Waals surface area contributed by atoms with Crippen LogP contribution in [-0.2, 0) is 17.7 Å². The number of methoxy groups -OCH3 is 1. The van der Waals surface area contributed by atoms with Crippen molar-refractivity contribution in [2.24, 2.45) is 0 Å². The van der Waals surface area contributed by atoms with Crippen molar-refractivity contribution in [2.45, 2.75) is 38.8 Å². The molecule has 0 unspecified atom stereocenters. The zero-order chi connectivity index (χ0) is 14.4. The molecule has 1 fully saturated rings. The lowest BCUT2D eigenvalue weighted by molar-refractivity contribution is 0.0158. The highest BCUT2D eigenvalue weighted by molar-refractivity contribution is 5.22. The van der Waals surface area contributed by atoms with Crippen LogP contribution >= 0.6 is 0 Å². The Morgan fingerprint density at radius 3 is 2.30 bits per heavy atom. The molecule has 0 saturated carbocycles. The van der Waals surface area contributed by atoms with Crippen LogP contribution in [0.25, 0.3) is 0 Å². The van der Waals surface area contributed by atoms with Crippen molar-refractivity contribution in [3.05, 3.63) is 35.4 Å². The van der Waals surface area contributed by atoms with Gasteiger partial charge in [0.15, 0.2) is 0 Å². The van der Waals surface area contributed by atoms with Crippen molar-refractivity contribution in [2.75, 3.05) is 33.3 Å². The largest absolute Gasteiger partial charge is 0.379 e. The molecule has 1 aliphatic rings. The molecule has 1 aliphatic heterocycles. The van der Waals surface area contributed by atoms with Gasteiger partial charge in [-0.3, -0.25) is 4.90 Å². The van der Waals surface area contributed by atoms with Crippen molar-refractivity contribution in [1.82, 2.24) is 10.2 Å². The Hall–Kier alpha value is -0.900. The van der Waals surface area contributed by atoms with Crippen LogP contribution in [0.3, 0.4) is 0 Å². The van der Waals surface area contributed by atoms with E-state index in [9.17, 15) is 0 Å². The number of benzene rings is 1. The van der Waals surface area contributed by atoms with E-state index in [1.165, 1.54) is 11.1 Å². The SMILES string of the molecule is COC(C)(C)CCc1ccc(CN2CCNCC2)cc1. The van der Waals surface area contributed by atoms with Gasteiger partial charge in [0.05, 0.1) is 5.60 Å². The Labute approximate surface area is 123 Å². The average Bonchev–Trinajstić information content (AvgIpc) is 2.48. The Bertz CT molecular complexity index is 394. The van der Waals surface area contributed by atoms with Gasteiger partial charge in [0, 0.05) is 39.8 Å². The number of piperazine rings is 1. The molecule has 1 heterocycles. The quantitative estimate of drug-likeness (QED) is 0.864. The summed E-state index contributed by atoms with van der Waals surface area (Å²) in [7, 11) is 1.79. The first-order valence-corrected chi connectivity index (χ1v) is 7.65. The molecular weight excluding hydrogens is 248 g/mol. The minimum Gasteiger partial charge on any atom is -0.379 e.